The fourth-order valence-corrected chi connectivity index (χ4v) is 1.68. The van der Waals surface area contributed by atoms with Crippen LogP contribution >= 0.6 is 0 Å². The van der Waals surface area contributed by atoms with Crippen molar-refractivity contribution in [3.8, 4) is 0 Å². The van der Waals surface area contributed by atoms with Gasteiger partial charge in [0, 0.05) is 46.3 Å². The van der Waals surface area contributed by atoms with Crippen molar-refractivity contribution in [2.24, 2.45) is 5.14 Å². The Kier molecular flexibility index (Phi) is 4.27. The van der Waals surface area contributed by atoms with Crippen LogP contribution in [-0.2, 0) is 10.2 Å². The van der Waals surface area contributed by atoms with Gasteiger partial charge in [-0.25, -0.2) is 5.14 Å². The van der Waals surface area contributed by atoms with E-state index in [1.165, 1.54) is 11.4 Å². The number of nitrogens with zero attached hydrogens (tertiary/aromatic N) is 2. The lowest BCUT2D eigenvalue weighted by molar-refractivity contribution is 0.229. The lowest BCUT2D eigenvalue weighted by Gasteiger charge is -2.28. The molecule has 0 saturated carbocycles. The van der Waals surface area contributed by atoms with Crippen LogP contribution in [0, 0.1) is 0 Å². The second kappa shape index (κ2) is 5.04. The summed E-state index contributed by atoms with van der Waals surface area (Å²) < 4.78 is 22.9. The molecule has 1 rings (SSSR count). The third-order valence-corrected chi connectivity index (χ3v) is 3.43. The Balaban J connectivity index is 2.25. The summed E-state index contributed by atoms with van der Waals surface area (Å²) in [6, 6.07) is 0. The quantitative estimate of drug-likeness (QED) is 0.578. The van der Waals surface area contributed by atoms with Crippen LogP contribution in [0.3, 0.4) is 0 Å². The minimum atomic E-state index is -3.51. The SMILES string of the molecule is CN(CCN1CCNCC1)S(N)(=O)=O. The van der Waals surface area contributed by atoms with Gasteiger partial charge in [0.2, 0.25) is 0 Å². The Bertz CT molecular complexity index is 261. The summed E-state index contributed by atoms with van der Waals surface area (Å²) in [4.78, 5) is 2.22. The van der Waals surface area contributed by atoms with Gasteiger partial charge in [-0.2, -0.15) is 12.7 Å². The normalized spacial score (nSPS) is 20.2. The molecular weight excluding hydrogens is 204 g/mol. The van der Waals surface area contributed by atoms with Gasteiger partial charge in [0.25, 0.3) is 10.2 Å². The molecule has 14 heavy (non-hydrogen) atoms. The van der Waals surface area contributed by atoms with Crippen molar-refractivity contribution in [1.82, 2.24) is 14.5 Å². The first-order valence-electron chi connectivity index (χ1n) is 4.67. The smallest absolute Gasteiger partial charge is 0.276 e. The van der Waals surface area contributed by atoms with E-state index in [-0.39, 0.29) is 0 Å². The maximum atomic E-state index is 10.9. The predicted molar refractivity (Wildman–Crippen MR) is 55.0 cm³/mol. The van der Waals surface area contributed by atoms with E-state index in [4.69, 9.17) is 5.14 Å². The van der Waals surface area contributed by atoms with Crippen LogP contribution in [0.5, 0.6) is 0 Å². The maximum absolute atomic E-state index is 10.9. The molecule has 0 bridgehead atoms. The summed E-state index contributed by atoms with van der Waals surface area (Å²) in [6.07, 6.45) is 0. The molecule has 3 N–H and O–H groups in total. The van der Waals surface area contributed by atoms with Crippen LogP contribution in [0.15, 0.2) is 0 Å². The van der Waals surface area contributed by atoms with Crippen molar-refractivity contribution in [2.45, 2.75) is 0 Å². The number of nitrogens with one attached hydrogen (secondary N) is 1. The Labute approximate surface area is 85.2 Å². The van der Waals surface area contributed by atoms with Gasteiger partial charge >= 0.3 is 0 Å². The van der Waals surface area contributed by atoms with E-state index in [2.05, 4.69) is 10.2 Å². The predicted octanol–water partition coefficient (Wildman–Crippen LogP) is -1.97. The Morgan fingerprint density at radius 2 is 2.00 bits per heavy atom. The average molecular weight is 222 g/mol. The minimum Gasteiger partial charge on any atom is -0.314 e. The first kappa shape index (κ1) is 11.9. The molecule has 0 aliphatic carbocycles. The minimum absolute atomic E-state index is 0.457. The van der Waals surface area contributed by atoms with E-state index in [1.807, 2.05) is 0 Å². The molecule has 1 saturated heterocycles. The molecule has 1 aliphatic rings. The maximum Gasteiger partial charge on any atom is 0.276 e. The first-order chi connectivity index (χ1) is 6.50. The molecule has 0 atom stereocenters. The van der Waals surface area contributed by atoms with Crippen molar-refractivity contribution < 1.29 is 8.42 Å². The number of hydrogen-bond acceptors (Lipinski definition) is 4. The number of piperazine rings is 1. The van der Waals surface area contributed by atoms with Crippen LogP contribution < -0.4 is 10.5 Å². The second-order valence-corrected chi connectivity index (χ2v) is 5.11. The monoisotopic (exact) mass is 222 g/mol. The van der Waals surface area contributed by atoms with Crippen LogP contribution in [0.4, 0.5) is 0 Å². The first-order valence-corrected chi connectivity index (χ1v) is 6.17. The van der Waals surface area contributed by atoms with E-state index in [0.29, 0.717) is 6.54 Å². The molecule has 6 nitrogen and oxygen atoms in total. The Hall–Kier alpha value is -0.210. The summed E-state index contributed by atoms with van der Waals surface area (Å²) in [5.74, 6) is 0. The highest BCUT2D eigenvalue weighted by molar-refractivity contribution is 7.86. The van der Waals surface area contributed by atoms with Gasteiger partial charge in [-0.1, -0.05) is 0 Å². The largest absolute Gasteiger partial charge is 0.314 e. The molecule has 7 heteroatoms. The summed E-state index contributed by atoms with van der Waals surface area (Å²) in [7, 11) is -2.02. The van der Waals surface area contributed by atoms with Gasteiger partial charge in [-0.05, 0) is 0 Å². The Morgan fingerprint density at radius 3 is 2.50 bits per heavy atom. The molecule has 0 aromatic carbocycles. The number of rotatable bonds is 4. The molecule has 1 fully saturated rings. The highest BCUT2D eigenvalue weighted by atomic mass is 32.2. The van der Waals surface area contributed by atoms with Gasteiger partial charge in [-0.3, -0.25) is 4.90 Å². The fourth-order valence-electron chi connectivity index (χ4n) is 1.34. The van der Waals surface area contributed by atoms with E-state index < -0.39 is 10.2 Å². The van der Waals surface area contributed by atoms with Gasteiger partial charge < -0.3 is 5.32 Å². The van der Waals surface area contributed by atoms with Crippen molar-refractivity contribution >= 4 is 10.2 Å². The fraction of sp³-hybridized carbons (Fsp3) is 1.00. The lowest BCUT2D eigenvalue weighted by Crippen LogP contribution is -2.47. The Morgan fingerprint density at radius 1 is 1.43 bits per heavy atom. The third kappa shape index (κ3) is 3.89. The molecule has 1 heterocycles. The summed E-state index contributed by atoms with van der Waals surface area (Å²) >= 11 is 0. The van der Waals surface area contributed by atoms with Crippen molar-refractivity contribution in [2.75, 3.05) is 46.3 Å². The zero-order valence-electron chi connectivity index (χ0n) is 8.44. The van der Waals surface area contributed by atoms with E-state index in [1.54, 1.807) is 0 Å². The van der Waals surface area contributed by atoms with Crippen molar-refractivity contribution in [3.05, 3.63) is 0 Å². The second-order valence-electron chi connectivity index (χ2n) is 3.46. The van der Waals surface area contributed by atoms with Gasteiger partial charge in [0.15, 0.2) is 0 Å². The molecule has 0 amide bonds. The average Bonchev–Trinajstić information content (AvgIpc) is 2.14. The highest BCUT2D eigenvalue weighted by Crippen LogP contribution is 1.94. The molecule has 84 valence electrons. The molecule has 0 unspecified atom stereocenters. The van der Waals surface area contributed by atoms with Crippen LogP contribution in [0.1, 0.15) is 0 Å². The van der Waals surface area contributed by atoms with Crippen molar-refractivity contribution in [3.63, 3.8) is 0 Å². The van der Waals surface area contributed by atoms with Gasteiger partial charge in [-0.15, -0.1) is 0 Å². The zero-order chi connectivity index (χ0) is 10.6. The van der Waals surface area contributed by atoms with Crippen LogP contribution in [-0.4, -0.2) is 63.9 Å². The van der Waals surface area contributed by atoms with Crippen LogP contribution in [0.25, 0.3) is 0 Å². The molecule has 1 aliphatic heterocycles. The van der Waals surface area contributed by atoms with E-state index >= 15 is 0 Å². The molecule has 0 spiro atoms. The number of nitrogens with two attached hydrogens (primary N) is 1. The van der Waals surface area contributed by atoms with Crippen LogP contribution in [0.2, 0.25) is 0 Å². The van der Waals surface area contributed by atoms with Gasteiger partial charge in [0.05, 0.1) is 0 Å². The summed E-state index contributed by atoms with van der Waals surface area (Å²) in [5, 5.41) is 8.20. The standard InChI is InChI=1S/C7H18N4O2S/c1-10(14(8,12)13)6-7-11-4-2-9-3-5-11/h9H,2-7H2,1H3,(H2,8,12,13). The van der Waals surface area contributed by atoms with E-state index in [0.717, 1.165) is 32.7 Å². The van der Waals surface area contributed by atoms with Crippen molar-refractivity contribution in [1.29, 1.82) is 0 Å². The van der Waals surface area contributed by atoms with Gasteiger partial charge in [0.1, 0.15) is 0 Å². The third-order valence-electron chi connectivity index (χ3n) is 2.38. The summed E-state index contributed by atoms with van der Waals surface area (Å²) in [5.41, 5.74) is 0. The highest BCUT2D eigenvalue weighted by Gasteiger charge is 2.14. The molecular formula is C7H18N4O2S. The van der Waals surface area contributed by atoms with E-state index in [9.17, 15) is 8.42 Å². The number of hydrogen-bond donors (Lipinski definition) is 2. The number of likely N-dealkylation sites (N-methyl/N-ethyl adjacent to an activating group) is 1. The topological polar surface area (TPSA) is 78.7 Å². The lowest BCUT2D eigenvalue weighted by atomic mass is 10.3. The summed E-state index contributed by atoms with van der Waals surface area (Å²) in [6.45, 7) is 5.09. The molecule has 0 radical (unpaired) electrons. The zero-order valence-corrected chi connectivity index (χ0v) is 9.26. The molecule has 0 aromatic heterocycles. The molecule has 0 aromatic rings.